The number of amides is 1. The molecule has 1 spiro atoms. The molecule has 2 heterocycles. The summed E-state index contributed by atoms with van der Waals surface area (Å²) in [5.74, 6) is 1.18. The lowest BCUT2D eigenvalue weighted by Crippen LogP contribution is -2.32. The van der Waals surface area contributed by atoms with E-state index >= 15 is 0 Å². The Hall–Kier alpha value is -3.60. The Balaban J connectivity index is 1.40. The smallest absolute Gasteiger partial charge is 0.238 e. The summed E-state index contributed by atoms with van der Waals surface area (Å²) < 4.78 is 7.53. The number of hydrogen-bond donors (Lipinski definition) is 0. The fourth-order valence-electron chi connectivity index (χ4n) is 5.40. The van der Waals surface area contributed by atoms with Gasteiger partial charge in [0.05, 0.1) is 30.8 Å². The minimum Gasteiger partial charge on any atom is -0.497 e. The fourth-order valence-corrected chi connectivity index (χ4v) is 5.40. The van der Waals surface area contributed by atoms with Crippen LogP contribution >= 0.6 is 0 Å². The van der Waals surface area contributed by atoms with Crippen molar-refractivity contribution in [2.45, 2.75) is 31.2 Å². The Morgan fingerprint density at radius 2 is 1.94 bits per heavy atom. The number of benzene rings is 3. The molecule has 2 aliphatic rings. The van der Waals surface area contributed by atoms with Gasteiger partial charge in [0, 0.05) is 23.5 Å². The number of methoxy groups -OCH3 is 1. The zero-order chi connectivity index (χ0) is 21.9. The van der Waals surface area contributed by atoms with Crippen molar-refractivity contribution in [2.75, 3.05) is 18.6 Å². The van der Waals surface area contributed by atoms with Crippen LogP contribution in [-0.4, -0.2) is 29.3 Å². The summed E-state index contributed by atoms with van der Waals surface area (Å²) in [4.78, 5) is 15.5. The summed E-state index contributed by atoms with van der Waals surface area (Å²) in [6.07, 6.45) is 2.76. The van der Waals surface area contributed by atoms with E-state index in [1.54, 1.807) is 7.11 Å². The second-order valence-corrected chi connectivity index (χ2v) is 8.77. The Bertz CT molecular complexity index is 1340. The molecular formula is C27H25N3O2. The molecule has 1 aliphatic heterocycles. The Labute approximate surface area is 187 Å². The summed E-state index contributed by atoms with van der Waals surface area (Å²) in [6.45, 7) is 3.44. The van der Waals surface area contributed by atoms with Crippen LogP contribution in [0.2, 0.25) is 0 Å². The predicted octanol–water partition coefficient (Wildman–Crippen LogP) is 4.89. The topological polar surface area (TPSA) is 47.4 Å². The lowest BCUT2D eigenvalue weighted by Gasteiger charge is -2.15. The Morgan fingerprint density at radius 1 is 1.09 bits per heavy atom. The van der Waals surface area contributed by atoms with E-state index < -0.39 is 5.41 Å². The largest absolute Gasteiger partial charge is 0.497 e. The molecule has 0 saturated heterocycles. The van der Waals surface area contributed by atoms with Crippen molar-refractivity contribution in [3.05, 3.63) is 89.6 Å². The second kappa shape index (κ2) is 6.95. The molecule has 32 heavy (non-hydrogen) atoms. The van der Waals surface area contributed by atoms with E-state index in [0.29, 0.717) is 6.54 Å². The average Bonchev–Trinajstić information content (AvgIpc) is 3.41. The number of fused-ring (bicyclic) bond motifs is 3. The third-order valence-corrected chi connectivity index (χ3v) is 7.13. The van der Waals surface area contributed by atoms with Crippen LogP contribution in [-0.2, 0) is 16.8 Å². The van der Waals surface area contributed by atoms with Gasteiger partial charge in [0.25, 0.3) is 0 Å². The van der Waals surface area contributed by atoms with E-state index in [4.69, 9.17) is 4.74 Å². The highest BCUT2D eigenvalue weighted by Gasteiger charge is 2.67. The number of rotatable bonds is 5. The van der Waals surface area contributed by atoms with E-state index in [2.05, 4.69) is 58.3 Å². The van der Waals surface area contributed by atoms with Crippen LogP contribution in [0.3, 0.4) is 0 Å². The number of likely N-dealkylation sites (N-methyl/N-ethyl adjacent to an activating group) is 1. The molecule has 5 heteroatoms. The first kappa shape index (κ1) is 19.1. The van der Waals surface area contributed by atoms with Crippen LogP contribution < -0.4 is 9.64 Å². The van der Waals surface area contributed by atoms with Crippen LogP contribution in [0, 0.1) is 0 Å². The number of carbonyl (C=O) groups excluding carboxylic acids is 1. The third kappa shape index (κ3) is 2.63. The minimum atomic E-state index is -0.474. The Kier molecular flexibility index (Phi) is 4.15. The molecule has 0 bridgehead atoms. The van der Waals surface area contributed by atoms with Gasteiger partial charge in [-0.1, -0.05) is 42.5 Å². The molecule has 0 N–H and O–H groups in total. The van der Waals surface area contributed by atoms with Crippen LogP contribution in [0.15, 0.2) is 72.9 Å². The molecular weight excluding hydrogens is 398 g/mol. The van der Waals surface area contributed by atoms with Gasteiger partial charge in [-0.05, 0) is 54.3 Å². The van der Waals surface area contributed by atoms with E-state index in [-0.39, 0.29) is 11.8 Å². The molecule has 3 aromatic carbocycles. The molecule has 160 valence electrons. The number of aromatic nitrogens is 2. The molecule has 1 saturated carbocycles. The standard InChI is InChI=1S/C27H25N3O2/c1-3-29-24-12-11-21(32-2)14-22(24)27(26(29)31)15-23(27)19-9-10-20-16-28-30(25(20)13-19)17-18-7-5-4-6-8-18/h4-14,16,23H,3,15,17H2,1-2H3/t23-,27-/m0/s1. The van der Waals surface area contributed by atoms with Crippen molar-refractivity contribution >= 4 is 22.5 Å². The van der Waals surface area contributed by atoms with Crippen LogP contribution in [0.1, 0.15) is 36.0 Å². The molecule has 0 unspecified atom stereocenters. The maximum atomic E-state index is 13.6. The zero-order valence-electron chi connectivity index (χ0n) is 18.3. The van der Waals surface area contributed by atoms with Gasteiger partial charge in [0.15, 0.2) is 0 Å². The average molecular weight is 424 g/mol. The quantitative estimate of drug-likeness (QED) is 0.459. The summed E-state index contributed by atoms with van der Waals surface area (Å²) >= 11 is 0. The predicted molar refractivity (Wildman–Crippen MR) is 125 cm³/mol. The number of anilines is 1. The van der Waals surface area contributed by atoms with Gasteiger partial charge in [-0.2, -0.15) is 5.10 Å². The second-order valence-electron chi connectivity index (χ2n) is 8.77. The van der Waals surface area contributed by atoms with Gasteiger partial charge >= 0.3 is 0 Å². The summed E-state index contributed by atoms with van der Waals surface area (Å²) in [7, 11) is 1.68. The van der Waals surface area contributed by atoms with Gasteiger partial charge in [-0.15, -0.1) is 0 Å². The first-order chi connectivity index (χ1) is 15.7. The molecule has 1 fully saturated rings. The van der Waals surface area contributed by atoms with Crippen molar-refractivity contribution in [2.24, 2.45) is 0 Å². The lowest BCUT2D eigenvalue weighted by atomic mass is 9.91. The monoisotopic (exact) mass is 423 g/mol. The van der Waals surface area contributed by atoms with Gasteiger partial charge in [0.2, 0.25) is 5.91 Å². The minimum absolute atomic E-state index is 0.168. The highest BCUT2D eigenvalue weighted by molar-refractivity contribution is 6.11. The molecule has 6 rings (SSSR count). The van der Waals surface area contributed by atoms with Crippen molar-refractivity contribution < 1.29 is 9.53 Å². The zero-order valence-corrected chi connectivity index (χ0v) is 18.3. The van der Waals surface area contributed by atoms with Crippen molar-refractivity contribution in [1.29, 1.82) is 0 Å². The molecule has 5 nitrogen and oxygen atoms in total. The highest BCUT2D eigenvalue weighted by atomic mass is 16.5. The number of nitrogens with zero attached hydrogens (tertiary/aromatic N) is 3. The van der Waals surface area contributed by atoms with Crippen molar-refractivity contribution in [3.63, 3.8) is 0 Å². The van der Waals surface area contributed by atoms with E-state index in [1.807, 2.05) is 36.2 Å². The maximum Gasteiger partial charge on any atom is 0.238 e. The number of ether oxygens (including phenoxy) is 1. The fraction of sp³-hybridized carbons (Fsp3) is 0.259. The van der Waals surface area contributed by atoms with E-state index in [0.717, 1.165) is 40.9 Å². The van der Waals surface area contributed by atoms with Crippen LogP contribution in [0.4, 0.5) is 5.69 Å². The third-order valence-electron chi connectivity index (χ3n) is 7.13. The maximum absolute atomic E-state index is 13.6. The van der Waals surface area contributed by atoms with Gasteiger partial charge in [0.1, 0.15) is 5.75 Å². The van der Waals surface area contributed by atoms with Gasteiger partial charge in [-0.3, -0.25) is 9.48 Å². The summed E-state index contributed by atoms with van der Waals surface area (Å²) in [5.41, 5.74) is 5.18. The number of hydrogen-bond acceptors (Lipinski definition) is 3. The lowest BCUT2D eigenvalue weighted by molar-refractivity contribution is -0.120. The SMILES string of the molecule is CCN1C(=O)[C@@]2(C[C@H]2c2ccc3cnn(Cc4ccccc4)c3c2)c2cc(OC)ccc21. The molecule has 1 amide bonds. The molecule has 4 aromatic rings. The first-order valence-electron chi connectivity index (χ1n) is 11.2. The van der Waals surface area contributed by atoms with Crippen LogP contribution in [0.25, 0.3) is 10.9 Å². The normalized spacial score (nSPS) is 21.4. The van der Waals surface area contributed by atoms with E-state index in [1.165, 1.54) is 11.1 Å². The molecule has 1 aliphatic carbocycles. The molecule has 0 radical (unpaired) electrons. The van der Waals surface area contributed by atoms with Gasteiger partial charge in [-0.25, -0.2) is 0 Å². The van der Waals surface area contributed by atoms with Crippen molar-refractivity contribution in [3.8, 4) is 5.75 Å². The van der Waals surface area contributed by atoms with E-state index in [9.17, 15) is 4.79 Å². The summed E-state index contributed by atoms with van der Waals surface area (Å²) in [5, 5.41) is 5.74. The van der Waals surface area contributed by atoms with Gasteiger partial charge < -0.3 is 9.64 Å². The highest BCUT2D eigenvalue weighted by Crippen LogP contribution is 2.66. The summed E-state index contributed by atoms with van der Waals surface area (Å²) in [6, 6.07) is 22.9. The Morgan fingerprint density at radius 3 is 2.72 bits per heavy atom. The van der Waals surface area contributed by atoms with Crippen LogP contribution in [0.5, 0.6) is 5.75 Å². The molecule has 2 atom stereocenters. The molecule has 1 aromatic heterocycles. The van der Waals surface area contributed by atoms with Crippen molar-refractivity contribution in [1.82, 2.24) is 9.78 Å². The number of carbonyl (C=O) groups is 1. The first-order valence-corrected chi connectivity index (χ1v) is 11.2.